The van der Waals surface area contributed by atoms with Crippen molar-refractivity contribution >= 4 is 42.8 Å². The van der Waals surface area contributed by atoms with Crippen LogP contribution in [-0.2, 0) is 0 Å². The van der Waals surface area contributed by atoms with Gasteiger partial charge < -0.3 is 0 Å². The van der Waals surface area contributed by atoms with Gasteiger partial charge in [0, 0.05) is 14.3 Å². The molecule has 0 unspecified atom stereocenters. The van der Waals surface area contributed by atoms with E-state index in [1.54, 1.807) is 6.20 Å². The molecule has 0 amide bonds. The van der Waals surface area contributed by atoms with E-state index in [9.17, 15) is 4.39 Å². The van der Waals surface area contributed by atoms with Crippen LogP contribution in [0.5, 0.6) is 0 Å². The van der Waals surface area contributed by atoms with Crippen molar-refractivity contribution in [2.45, 2.75) is 0 Å². The molecule has 12 heavy (non-hydrogen) atoms. The minimum absolute atomic E-state index is 0.308. The molecule has 1 heterocycles. The Hall–Kier alpha value is -0.420. The number of nitrogens with zero attached hydrogens (tertiary/aromatic N) is 1. The summed E-state index contributed by atoms with van der Waals surface area (Å²) in [5.74, 6) is -0.308. The molecule has 1 aromatic heterocycles. The van der Waals surface area contributed by atoms with Crippen molar-refractivity contribution in [1.82, 2.24) is 10.2 Å². The average molecular weight is 294 g/mol. The number of nitrogens with one attached hydrogen (secondary N) is 1. The minimum Gasteiger partial charge on any atom is -0.275 e. The molecule has 0 saturated heterocycles. The topological polar surface area (TPSA) is 28.7 Å². The van der Waals surface area contributed by atoms with Gasteiger partial charge in [0.1, 0.15) is 11.3 Å². The lowest BCUT2D eigenvalue weighted by atomic mass is 10.2. The standard InChI is InChI=1S/C7H3Br2FN2/c8-4-1-5(10)7-3(6(4)9)2-11-12-7/h1-2H,(H,11,12). The Morgan fingerprint density at radius 2 is 2.17 bits per heavy atom. The quantitative estimate of drug-likeness (QED) is 0.742. The predicted molar refractivity (Wildman–Crippen MR) is 51.5 cm³/mol. The number of aromatic nitrogens is 2. The maximum atomic E-state index is 13.1. The first-order valence-electron chi connectivity index (χ1n) is 3.16. The van der Waals surface area contributed by atoms with Gasteiger partial charge in [0.25, 0.3) is 0 Å². The molecule has 0 radical (unpaired) electrons. The summed E-state index contributed by atoms with van der Waals surface area (Å²) in [7, 11) is 0. The van der Waals surface area contributed by atoms with Crippen molar-refractivity contribution in [2.24, 2.45) is 0 Å². The van der Waals surface area contributed by atoms with Crippen LogP contribution < -0.4 is 0 Å². The Labute approximate surface area is 84.4 Å². The summed E-state index contributed by atoms with van der Waals surface area (Å²) in [5.41, 5.74) is 0.421. The van der Waals surface area contributed by atoms with E-state index >= 15 is 0 Å². The third-order valence-corrected chi connectivity index (χ3v) is 3.59. The fourth-order valence-corrected chi connectivity index (χ4v) is 1.84. The normalized spacial score (nSPS) is 10.9. The highest BCUT2D eigenvalue weighted by Gasteiger charge is 2.09. The second-order valence-corrected chi connectivity index (χ2v) is 3.96. The van der Waals surface area contributed by atoms with E-state index in [0.29, 0.717) is 9.99 Å². The lowest BCUT2D eigenvalue weighted by Gasteiger charge is -1.97. The van der Waals surface area contributed by atoms with E-state index in [1.165, 1.54) is 6.07 Å². The second-order valence-electron chi connectivity index (χ2n) is 2.31. The van der Waals surface area contributed by atoms with Gasteiger partial charge in [0.2, 0.25) is 0 Å². The molecule has 0 aliphatic heterocycles. The summed E-state index contributed by atoms with van der Waals surface area (Å²) in [5, 5.41) is 7.07. The van der Waals surface area contributed by atoms with Crippen molar-refractivity contribution in [2.75, 3.05) is 0 Å². The third-order valence-electron chi connectivity index (χ3n) is 1.58. The Kier molecular flexibility index (Phi) is 1.92. The van der Waals surface area contributed by atoms with Crippen LogP contribution in [-0.4, -0.2) is 10.2 Å². The monoisotopic (exact) mass is 292 g/mol. The number of rotatable bonds is 0. The van der Waals surface area contributed by atoms with Gasteiger partial charge in [-0.1, -0.05) is 0 Å². The molecule has 1 aromatic carbocycles. The predicted octanol–water partition coefficient (Wildman–Crippen LogP) is 3.23. The fraction of sp³-hybridized carbons (Fsp3) is 0. The second kappa shape index (κ2) is 2.81. The molecule has 0 aliphatic carbocycles. The highest BCUT2D eigenvalue weighted by molar-refractivity contribution is 9.13. The number of H-pyrrole nitrogens is 1. The van der Waals surface area contributed by atoms with Gasteiger partial charge in [-0.15, -0.1) is 0 Å². The molecular formula is C7H3Br2FN2. The molecule has 0 saturated carbocycles. The number of halogens is 3. The lowest BCUT2D eigenvalue weighted by Crippen LogP contribution is -1.80. The maximum Gasteiger partial charge on any atom is 0.150 e. The smallest absolute Gasteiger partial charge is 0.150 e. The van der Waals surface area contributed by atoms with Crippen LogP contribution >= 0.6 is 31.9 Å². The summed E-state index contributed by atoms with van der Waals surface area (Å²) in [6.45, 7) is 0. The molecule has 2 aromatic rings. The SMILES string of the molecule is Fc1cc(Br)c(Br)c2cn[nH]c12. The molecule has 0 aliphatic rings. The zero-order valence-electron chi connectivity index (χ0n) is 5.74. The molecule has 5 heteroatoms. The summed E-state index contributed by atoms with van der Waals surface area (Å²) in [6.07, 6.45) is 1.58. The van der Waals surface area contributed by atoms with Crippen molar-refractivity contribution in [3.63, 3.8) is 0 Å². The third kappa shape index (κ3) is 1.08. The molecular weight excluding hydrogens is 291 g/mol. The minimum atomic E-state index is -0.308. The number of hydrogen-bond donors (Lipinski definition) is 1. The van der Waals surface area contributed by atoms with Crippen molar-refractivity contribution < 1.29 is 4.39 Å². The van der Waals surface area contributed by atoms with E-state index in [-0.39, 0.29) is 5.82 Å². The molecule has 62 valence electrons. The molecule has 1 N–H and O–H groups in total. The highest BCUT2D eigenvalue weighted by atomic mass is 79.9. The van der Waals surface area contributed by atoms with Crippen molar-refractivity contribution in [3.05, 3.63) is 27.0 Å². The van der Waals surface area contributed by atoms with Crippen molar-refractivity contribution in [1.29, 1.82) is 0 Å². The molecule has 0 fully saturated rings. The first-order chi connectivity index (χ1) is 5.70. The van der Waals surface area contributed by atoms with E-state index in [4.69, 9.17) is 0 Å². The van der Waals surface area contributed by atoms with Gasteiger partial charge in [-0.3, -0.25) is 5.10 Å². The fourth-order valence-electron chi connectivity index (χ4n) is 1.01. The van der Waals surface area contributed by atoms with Crippen LogP contribution in [0.3, 0.4) is 0 Å². The van der Waals surface area contributed by atoms with E-state index in [0.717, 1.165) is 9.86 Å². The van der Waals surface area contributed by atoms with Gasteiger partial charge in [-0.05, 0) is 37.9 Å². The van der Waals surface area contributed by atoms with E-state index < -0.39 is 0 Å². The number of hydrogen-bond acceptors (Lipinski definition) is 1. The molecule has 2 nitrogen and oxygen atoms in total. The van der Waals surface area contributed by atoms with Crippen LogP contribution in [0.4, 0.5) is 4.39 Å². The van der Waals surface area contributed by atoms with E-state index in [1.807, 2.05) is 0 Å². The van der Waals surface area contributed by atoms with Crippen LogP contribution in [0, 0.1) is 5.82 Å². The summed E-state index contributed by atoms with van der Waals surface area (Å²) in [6, 6.07) is 1.39. The van der Waals surface area contributed by atoms with E-state index in [2.05, 4.69) is 42.1 Å². The zero-order valence-corrected chi connectivity index (χ0v) is 8.91. The Bertz CT molecular complexity index is 438. The lowest BCUT2D eigenvalue weighted by molar-refractivity contribution is 0.635. The van der Waals surface area contributed by atoms with Gasteiger partial charge in [-0.2, -0.15) is 5.10 Å². The van der Waals surface area contributed by atoms with Gasteiger partial charge in [0.05, 0.1) is 6.20 Å². The summed E-state index contributed by atoms with van der Waals surface area (Å²) >= 11 is 6.54. The van der Waals surface area contributed by atoms with Crippen molar-refractivity contribution in [3.8, 4) is 0 Å². The molecule has 0 bridgehead atoms. The zero-order chi connectivity index (χ0) is 8.72. The number of fused-ring (bicyclic) bond motifs is 1. The number of aromatic amines is 1. The first kappa shape index (κ1) is 8.19. The van der Waals surface area contributed by atoms with Gasteiger partial charge in [-0.25, -0.2) is 4.39 Å². The summed E-state index contributed by atoms with van der Waals surface area (Å²) < 4.78 is 14.6. The largest absolute Gasteiger partial charge is 0.275 e. The Morgan fingerprint density at radius 3 is 2.92 bits per heavy atom. The van der Waals surface area contributed by atoms with Crippen LogP contribution in [0.15, 0.2) is 21.2 Å². The molecule has 2 rings (SSSR count). The average Bonchev–Trinajstić information content (AvgIpc) is 2.48. The van der Waals surface area contributed by atoms with Crippen LogP contribution in [0.2, 0.25) is 0 Å². The van der Waals surface area contributed by atoms with Gasteiger partial charge in [0.15, 0.2) is 0 Å². The number of benzene rings is 1. The maximum absolute atomic E-state index is 13.1. The van der Waals surface area contributed by atoms with Crippen LogP contribution in [0.1, 0.15) is 0 Å². The highest BCUT2D eigenvalue weighted by Crippen LogP contribution is 2.31. The van der Waals surface area contributed by atoms with Gasteiger partial charge >= 0.3 is 0 Å². The molecule has 0 spiro atoms. The first-order valence-corrected chi connectivity index (χ1v) is 4.75. The Balaban J connectivity index is 2.97. The summed E-state index contributed by atoms with van der Waals surface area (Å²) in [4.78, 5) is 0. The Morgan fingerprint density at radius 1 is 1.42 bits per heavy atom. The molecule has 0 atom stereocenters. The van der Waals surface area contributed by atoms with Crippen LogP contribution in [0.25, 0.3) is 10.9 Å².